The number of rotatable bonds is 4. The molecule has 3 rings (SSSR count). The molecule has 1 atom stereocenters. The van der Waals surface area contributed by atoms with E-state index >= 15 is 0 Å². The van der Waals surface area contributed by atoms with E-state index < -0.39 is 0 Å². The number of fused-ring (bicyclic) bond motifs is 1. The van der Waals surface area contributed by atoms with Crippen LogP contribution in [0.1, 0.15) is 25.1 Å². The van der Waals surface area contributed by atoms with Crippen molar-refractivity contribution in [3.8, 4) is 0 Å². The van der Waals surface area contributed by atoms with Crippen molar-refractivity contribution in [1.29, 1.82) is 0 Å². The van der Waals surface area contributed by atoms with Crippen molar-refractivity contribution >= 4 is 5.91 Å². The minimum Gasteiger partial charge on any atom is -0.342 e. The molecule has 1 saturated heterocycles. The zero-order valence-electron chi connectivity index (χ0n) is 12.3. The first-order chi connectivity index (χ1) is 9.72. The zero-order chi connectivity index (χ0) is 13.9. The number of hydrogen-bond donors (Lipinski definition) is 0. The molecule has 2 aliphatic rings. The molecular weight excluding hydrogens is 252 g/mol. The minimum atomic E-state index is 0.295. The summed E-state index contributed by atoms with van der Waals surface area (Å²) in [5.74, 6) is 2.13. The third-order valence-corrected chi connectivity index (χ3v) is 4.47. The highest BCUT2D eigenvalue weighted by Gasteiger charge is 2.23. The first kappa shape index (κ1) is 13.6. The molecule has 0 aromatic carbocycles. The summed E-state index contributed by atoms with van der Waals surface area (Å²) >= 11 is 0. The first-order valence-electron chi connectivity index (χ1n) is 7.68. The number of imidazole rings is 1. The molecule has 0 bridgehead atoms. The van der Waals surface area contributed by atoms with Gasteiger partial charge in [-0.25, -0.2) is 4.98 Å². The highest BCUT2D eigenvalue weighted by atomic mass is 16.2. The number of likely N-dealkylation sites (N-methyl/N-ethyl adjacent to an activating group) is 1. The summed E-state index contributed by atoms with van der Waals surface area (Å²) in [6, 6.07) is 0. The molecule has 1 aromatic rings. The monoisotopic (exact) mass is 276 g/mol. The SMILES string of the molecule is CN(CC(=O)N1CCCC1)C[C@H]1CCc2nccn2C1. The third-order valence-electron chi connectivity index (χ3n) is 4.47. The Bertz CT molecular complexity index is 464. The van der Waals surface area contributed by atoms with Crippen molar-refractivity contribution in [3.63, 3.8) is 0 Å². The minimum absolute atomic E-state index is 0.295. The molecule has 1 fully saturated rings. The maximum atomic E-state index is 12.1. The maximum Gasteiger partial charge on any atom is 0.236 e. The molecule has 0 N–H and O–H groups in total. The molecule has 1 amide bonds. The van der Waals surface area contributed by atoms with Crippen LogP contribution in [0, 0.1) is 5.92 Å². The van der Waals surface area contributed by atoms with Crippen molar-refractivity contribution in [3.05, 3.63) is 18.2 Å². The van der Waals surface area contributed by atoms with Crippen LogP contribution in [0.25, 0.3) is 0 Å². The van der Waals surface area contributed by atoms with Crippen LogP contribution >= 0.6 is 0 Å². The van der Waals surface area contributed by atoms with Crippen LogP contribution < -0.4 is 0 Å². The van der Waals surface area contributed by atoms with Gasteiger partial charge in [0.1, 0.15) is 5.82 Å². The fourth-order valence-electron chi connectivity index (χ4n) is 3.39. The van der Waals surface area contributed by atoms with E-state index in [0.29, 0.717) is 18.4 Å². The summed E-state index contributed by atoms with van der Waals surface area (Å²) in [4.78, 5) is 20.7. The Balaban J connectivity index is 1.47. The lowest BCUT2D eigenvalue weighted by Crippen LogP contribution is -2.40. The fraction of sp³-hybridized carbons (Fsp3) is 0.733. The van der Waals surface area contributed by atoms with Gasteiger partial charge in [-0.2, -0.15) is 0 Å². The standard InChI is InChI=1S/C15H24N4O/c1-17(12-15(20)18-7-2-3-8-18)10-13-4-5-14-16-6-9-19(14)11-13/h6,9,13H,2-5,7-8,10-12H2,1H3/t13-/m1/s1. The smallest absolute Gasteiger partial charge is 0.236 e. The molecule has 0 spiro atoms. The van der Waals surface area contributed by atoms with Crippen molar-refractivity contribution in [2.24, 2.45) is 5.92 Å². The molecule has 2 aliphatic heterocycles. The lowest BCUT2D eigenvalue weighted by molar-refractivity contribution is -0.131. The number of aryl methyl sites for hydroxylation is 1. The Morgan fingerprint density at radius 1 is 1.45 bits per heavy atom. The first-order valence-corrected chi connectivity index (χ1v) is 7.68. The van der Waals surface area contributed by atoms with Gasteiger partial charge < -0.3 is 9.47 Å². The van der Waals surface area contributed by atoms with E-state index in [-0.39, 0.29) is 0 Å². The van der Waals surface area contributed by atoms with Gasteiger partial charge in [0, 0.05) is 45.0 Å². The Labute approximate surface area is 120 Å². The molecule has 20 heavy (non-hydrogen) atoms. The molecular formula is C15H24N4O. The van der Waals surface area contributed by atoms with E-state index in [2.05, 4.69) is 27.7 Å². The summed E-state index contributed by atoms with van der Waals surface area (Å²) in [6.07, 6.45) is 8.53. The van der Waals surface area contributed by atoms with Crippen LogP contribution in [0.15, 0.2) is 12.4 Å². The number of likely N-dealkylation sites (tertiary alicyclic amines) is 1. The molecule has 0 unspecified atom stereocenters. The predicted molar refractivity (Wildman–Crippen MR) is 77.3 cm³/mol. The summed E-state index contributed by atoms with van der Waals surface area (Å²) in [5, 5.41) is 0. The molecule has 0 saturated carbocycles. The lowest BCUT2D eigenvalue weighted by atomic mass is 9.99. The van der Waals surface area contributed by atoms with Crippen molar-refractivity contribution in [2.45, 2.75) is 32.2 Å². The Hall–Kier alpha value is -1.36. The molecule has 110 valence electrons. The van der Waals surface area contributed by atoms with E-state index in [1.54, 1.807) is 0 Å². The van der Waals surface area contributed by atoms with Gasteiger partial charge >= 0.3 is 0 Å². The average molecular weight is 276 g/mol. The van der Waals surface area contributed by atoms with E-state index in [9.17, 15) is 4.79 Å². The molecule has 3 heterocycles. The zero-order valence-corrected chi connectivity index (χ0v) is 12.3. The van der Waals surface area contributed by atoms with Crippen molar-refractivity contribution in [1.82, 2.24) is 19.4 Å². The second-order valence-electron chi connectivity index (χ2n) is 6.19. The second-order valence-corrected chi connectivity index (χ2v) is 6.19. The summed E-state index contributed by atoms with van der Waals surface area (Å²) in [5.41, 5.74) is 0. The van der Waals surface area contributed by atoms with Gasteiger partial charge in [0.05, 0.1) is 6.54 Å². The van der Waals surface area contributed by atoms with E-state index in [0.717, 1.165) is 32.6 Å². The van der Waals surface area contributed by atoms with Crippen molar-refractivity contribution in [2.75, 3.05) is 33.2 Å². The van der Waals surface area contributed by atoms with Gasteiger partial charge in [-0.05, 0) is 32.2 Å². The molecule has 0 radical (unpaired) electrons. The maximum absolute atomic E-state index is 12.1. The molecule has 5 heteroatoms. The molecule has 0 aliphatic carbocycles. The number of aromatic nitrogens is 2. The number of carbonyl (C=O) groups is 1. The van der Waals surface area contributed by atoms with Gasteiger partial charge in [-0.15, -0.1) is 0 Å². The summed E-state index contributed by atoms with van der Waals surface area (Å²) in [6.45, 7) is 4.51. The van der Waals surface area contributed by atoms with Crippen LogP contribution in [0.3, 0.4) is 0 Å². The third kappa shape index (κ3) is 3.03. The van der Waals surface area contributed by atoms with Crippen LogP contribution in [0.2, 0.25) is 0 Å². The summed E-state index contributed by atoms with van der Waals surface area (Å²) in [7, 11) is 2.07. The van der Waals surface area contributed by atoms with Crippen LogP contribution in [0.4, 0.5) is 0 Å². The Morgan fingerprint density at radius 3 is 3.05 bits per heavy atom. The highest BCUT2D eigenvalue weighted by Crippen LogP contribution is 2.19. The topological polar surface area (TPSA) is 41.4 Å². The van der Waals surface area contributed by atoms with E-state index in [1.807, 2.05) is 11.1 Å². The van der Waals surface area contributed by atoms with Gasteiger partial charge in [-0.1, -0.05) is 0 Å². The largest absolute Gasteiger partial charge is 0.342 e. The molecule has 1 aromatic heterocycles. The van der Waals surface area contributed by atoms with Crippen LogP contribution in [-0.4, -0.2) is 58.5 Å². The van der Waals surface area contributed by atoms with Gasteiger partial charge in [0.2, 0.25) is 5.91 Å². The second kappa shape index (κ2) is 5.95. The number of carbonyl (C=O) groups excluding carboxylic acids is 1. The van der Waals surface area contributed by atoms with Gasteiger partial charge in [-0.3, -0.25) is 9.69 Å². The van der Waals surface area contributed by atoms with E-state index in [1.165, 1.54) is 25.1 Å². The Morgan fingerprint density at radius 2 is 2.25 bits per heavy atom. The van der Waals surface area contributed by atoms with Crippen molar-refractivity contribution < 1.29 is 4.79 Å². The highest BCUT2D eigenvalue weighted by molar-refractivity contribution is 5.78. The van der Waals surface area contributed by atoms with Crippen LogP contribution in [-0.2, 0) is 17.8 Å². The summed E-state index contributed by atoms with van der Waals surface area (Å²) < 4.78 is 2.25. The molecule has 5 nitrogen and oxygen atoms in total. The van der Waals surface area contributed by atoms with E-state index in [4.69, 9.17) is 0 Å². The number of amides is 1. The number of hydrogen-bond acceptors (Lipinski definition) is 3. The Kier molecular flexibility index (Phi) is 4.05. The quantitative estimate of drug-likeness (QED) is 0.824. The predicted octanol–water partition coefficient (Wildman–Crippen LogP) is 1.000. The lowest BCUT2D eigenvalue weighted by Gasteiger charge is -2.28. The normalized spacial score (nSPS) is 22.3. The fourth-order valence-corrected chi connectivity index (χ4v) is 3.39. The number of nitrogens with zero attached hydrogens (tertiary/aromatic N) is 4. The average Bonchev–Trinajstić information content (AvgIpc) is 3.09. The van der Waals surface area contributed by atoms with Gasteiger partial charge in [0.15, 0.2) is 0 Å². The van der Waals surface area contributed by atoms with Crippen LogP contribution in [0.5, 0.6) is 0 Å². The van der Waals surface area contributed by atoms with Gasteiger partial charge in [0.25, 0.3) is 0 Å².